The quantitative estimate of drug-likeness (QED) is 0.734. The number of nitrogens with zero attached hydrogens (tertiary/aromatic N) is 2. The Morgan fingerprint density at radius 1 is 1.06 bits per heavy atom. The second-order valence-corrected chi connectivity index (χ2v) is 7.87. The average Bonchev–Trinajstić information content (AvgIpc) is 2.82. The van der Waals surface area contributed by atoms with Crippen LogP contribution in [0.25, 0.3) is 0 Å². The van der Waals surface area contributed by atoms with Crippen molar-refractivity contribution in [2.75, 3.05) is 32.8 Å². The summed E-state index contributed by atoms with van der Waals surface area (Å²) in [6, 6.07) is 11.3. The van der Waals surface area contributed by atoms with E-state index in [0.29, 0.717) is 57.8 Å². The molecule has 7 heteroatoms. The lowest BCUT2D eigenvalue weighted by molar-refractivity contribution is -0.137. The summed E-state index contributed by atoms with van der Waals surface area (Å²) < 4.78 is 24.5. The minimum Gasteiger partial charge on any atom is -0.486 e. The Balaban J connectivity index is 1.37. The Morgan fingerprint density at radius 3 is 2.48 bits per heavy atom. The Hall–Kier alpha value is -3.09. The molecule has 6 nitrogen and oxygen atoms in total. The molecule has 0 spiro atoms. The van der Waals surface area contributed by atoms with Gasteiger partial charge < -0.3 is 19.3 Å². The van der Waals surface area contributed by atoms with E-state index >= 15 is 0 Å². The number of amides is 2. The topological polar surface area (TPSA) is 59.1 Å². The predicted molar refractivity (Wildman–Crippen MR) is 114 cm³/mol. The summed E-state index contributed by atoms with van der Waals surface area (Å²) in [6.45, 7) is 5.10. The number of hydrogen-bond acceptors (Lipinski definition) is 4. The summed E-state index contributed by atoms with van der Waals surface area (Å²) >= 11 is 0. The van der Waals surface area contributed by atoms with Crippen molar-refractivity contribution < 1.29 is 23.5 Å². The Morgan fingerprint density at radius 2 is 1.77 bits per heavy atom. The van der Waals surface area contributed by atoms with Crippen LogP contribution in [0.3, 0.4) is 0 Å². The summed E-state index contributed by atoms with van der Waals surface area (Å²) in [5.74, 6) is 0.947. The third-order valence-electron chi connectivity index (χ3n) is 5.92. The van der Waals surface area contributed by atoms with Gasteiger partial charge in [0.25, 0.3) is 5.91 Å². The summed E-state index contributed by atoms with van der Waals surface area (Å²) in [5, 5.41) is 0. The van der Waals surface area contributed by atoms with E-state index in [1.165, 1.54) is 24.3 Å². The van der Waals surface area contributed by atoms with Gasteiger partial charge in [0.1, 0.15) is 19.0 Å². The molecule has 0 atom stereocenters. The molecular formula is C24H27FN2O4. The number of carbonyl (C=O) groups excluding carboxylic acids is 2. The monoisotopic (exact) mass is 426 g/mol. The fourth-order valence-corrected chi connectivity index (χ4v) is 4.17. The zero-order valence-electron chi connectivity index (χ0n) is 17.7. The molecule has 0 aliphatic carbocycles. The van der Waals surface area contributed by atoms with Gasteiger partial charge in [-0.25, -0.2) is 4.39 Å². The molecule has 1 saturated heterocycles. The first-order valence-corrected chi connectivity index (χ1v) is 10.8. The minimum atomic E-state index is -0.364. The van der Waals surface area contributed by atoms with Crippen LogP contribution in [0, 0.1) is 11.7 Å². The molecule has 0 unspecified atom stereocenters. The standard InChI is InChI=1S/C24H27FN2O4/c1-2-26(16-19-4-3-5-21-22(19)31-15-14-30-21)23(28)18-10-12-27(13-11-18)24(29)17-6-8-20(25)9-7-17/h3-9,18H,2,10-16H2,1H3. The van der Waals surface area contributed by atoms with Gasteiger partial charge in [-0.2, -0.15) is 0 Å². The van der Waals surface area contributed by atoms with E-state index in [4.69, 9.17) is 9.47 Å². The normalized spacial score (nSPS) is 16.1. The highest BCUT2D eigenvalue weighted by atomic mass is 19.1. The van der Waals surface area contributed by atoms with Gasteiger partial charge in [0, 0.05) is 43.2 Å². The fourth-order valence-electron chi connectivity index (χ4n) is 4.17. The van der Waals surface area contributed by atoms with E-state index in [-0.39, 0.29) is 23.5 Å². The van der Waals surface area contributed by atoms with Gasteiger partial charge in [-0.3, -0.25) is 9.59 Å². The zero-order valence-corrected chi connectivity index (χ0v) is 17.7. The summed E-state index contributed by atoms with van der Waals surface area (Å²) in [5.41, 5.74) is 1.41. The molecule has 0 bridgehead atoms. The molecule has 2 heterocycles. The van der Waals surface area contributed by atoms with Crippen molar-refractivity contribution in [3.05, 3.63) is 59.4 Å². The zero-order chi connectivity index (χ0) is 21.8. The van der Waals surface area contributed by atoms with Crippen LogP contribution >= 0.6 is 0 Å². The first-order chi connectivity index (χ1) is 15.1. The molecule has 2 aromatic carbocycles. The van der Waals surface area contributed by atoms with Gasteiger partial charge in [0.2, 0.25) is 5.91 Å². The average molecular weight is 426 g/mol. The molecule has 2 aliphatic rings. The maximum absolute atomic E-state index is 13.2. The molecule has 2 aliphatic heterocycles. The van der Waals surface area contributed by atoms with Crippen molar-refractivity contribution in [1.29, 1.82) is 0 Å². The van der Waals surface area contributed by atoms with E-state index in [9.17, 15) is 14.0 Å². The van der Waals surface area contributed by atoms with Crippen molar-refractivity contribution in [3.63, 3.8) is 0 Å². The number of ether oxygens (including phenoxy) is 2. The second-order valence-electron chi connectivity index (χ2n) is 7.87. The third-order valence-corrected chi connectivity index (χ3v) is 5.92. The highest BCUT2D eigenvalue weighted by Crippen LogP contribution is 2.34. The molecule has 1 fully saturated rings. The van der Waals surface area contributed by atoms with Crippen LogP contribution in [-0.2, 0) is 11.3 Å². The van der Waals surface area contributed by atoms with Crippen LogP contribution < -0.4 is 9.47 Å². The smallest absolute Gasteiger partial charge is 0.253 e. The van der Waals surface area contributed by atoms with E-state index < -0.39 is 0 Å². The maximum atomic E-state index is 13.2. The second kappa shape index (κ2) is 9.37. The summed E-state index contributed by atoms with van der Waals surface area (Å²) in [4.78, 5) is 29.4. The van der Waals surface area contributed by atoms with Gasteiger partial charge in [-0.05, 0) is 50.1 Å². The van der Waals surface area contributed by atoms with E-state index in [1.54, 1.807) is 4.90 Å². The molecule has 2 amide bonds. The fraction of sp³-hybridized carbons (Fsp3) is 0.417. The molecule has 0 radical (unpaired) electrons. The van der Waals surface area contributed by atoms with E-state index in [0.717, 1.165) is 17.1 Å². The maximum Gasteiger partial charge on any atom is 0.253 e. The lowest BCUT2D eigenvalue weighted by atomic mass is 9.94. The largest absolute Gasteiger partial charge is 0.486 e. The molecule has 0 N–H and O–H groups in total. The van der Waals surface area contributed by atoms with Crippen LogP contribution in [0.5, 0.6) is 11.5 Å². The first-order valence-electron chi connectivity index (χ1n) is 10.8. The summed E-state index contributed by atoms with van der Waals surface area (Å²) in [6.07, 6.45) is 1.24. The lowest BCUT2D eigenvalue weighted by Gasteiger charge is -2.34. The van der Waals surface area contributed by atoms with Crippen molar-refractivity contribution in [2.24, 2.45) is 5.92 Å². The van der Waals surface area contributed by atoms with Crippen LogP contribution in [0.4, 0.5) is 4.39 Å². The SMILES string of the molecule is CCN(Cc1cccc2c1OCCO2)C(=O)C1CCN(C(=O)c2ccc(F)cc2)CC1. The van der Waals surface area contributed by atoms with Gasteiger partial charge >= 0.3 is 0 Å². The van der Waals surface area contributed by atoms with Gasteiger partial charge in [0.15, 0.2) is 11.5 Å². The number of carbonyl (C=O) groups is 2. The van der Waals surface area contributed by atoms with Crippen molar-refractivity contribution >= 4 is 11.8 Å². The molecular weight excluding hydrogens is 399 g/mol. The number of hydrogen-bond donors (Lipinski definition) is 0. The van der Waals surface area contributed by atoms with Gasteiger partial charge in [0.05, 0.1) is 0 Å². The first kappa shape index (κ1) is 21.2. The third kappa shape index (κ3) is 4.65. The van der Waals surface area contributed by atoms with Crippen molar-refractivity contribution in [2.45, 2.75) is 26.3 Å². The van der Waals surface area contributed by atoms with Gasteiger partial charge in [-0.15, -0.1) is 0 Å². The molecule has 4 rings (SSSR count). The number of para-hydroxylation sites is 1. The van der Waals surface area contributed by atoms with Crippen molar-refractivity contribution in [1.82, 2.24) is 9.80 Å². The number of piperidine rings is 1. The molecule has 0 saturated carbocycles. The highest BCUT2D eigenvalue weighted by molar-refractivity contribution is 5.94. The van der Waals surface area contributed by atoms with Gasteiger partial charge in [-0.1, -0.05) is 12.1 Å². The predicted octanol–water partition coefficient (Wildman–Crippen LogP) is 3.50. The number of likely N-dealkylation sites (tertiary alicyclic amines) is 1. The number of benzene rings is 2. The molecule has 31 heavy (non-hydrogen) atoms. The number of fused-ring (bicyclic) bond motifs is 1. The van der Waals surface area contributed by atoms with Crippen LogP contribution in [-0.4, -0.2) is 54.5 Å². The minimum absolute atomic E-state index is 0.103. The Kier molecular flexibility index (Phi) is 6.39. The molecule has 164 valence electrons. The summed E-state index contributed by atoms with van der Waals surface area (Å²) in [7, 11) is 0. The van der Waals surface area contributed by atoms with Crippen LogP contribution in [0.1, 0.15) is 35.7 Å². The number of halogens is 1. The van der Waals surface area contributed by atoms with Crippen LogP contribution in [0.15, 0.2) is 42.5 Å². The highest BCUT2D eigenvalue weighted by Gasteiger charge is 2.31. The number of rotatable bonds is 5. The van der Waals surface area contributed by atoms with E-state index in [2.05, 4.69) is 0 Å². The van der Waals surface area contributed by atoms with Crippen LogP contribution in [0.2, 0.25) is 0 Å². The molecule has 2 aromatic rings. The Bertz CT molecular complexity index is 939. The molecule has 0 aromatic heterocycles. The van der Waals surface area contributed by atoms with Crippen molar-refractivity contribution in [3.8, 4) is 11.5 Å². The lowest BCUT2D eigenvalue weighted by Crippen LogP contribution is -2.44. The van der Waals surface area contributed by atoms with E-state index in [1.807, 2.05) is 30.0 Å². The Labute approximate surface area is 181 Å².